The molecule has 0 spiro atoms. The third kappa shape index (κ3) is 3.88. The Kier molecular flexibility index (Phi) is 4.37. The van der Waals surface area contributed by atoms with Gasteiger partial charge in [0.25, 0.3) is 0 Å². The van der Waals surface area contributed by atoms with Gasteiger partial charge in [-0.3, -0.25) is 4.79 Å². The lowest BCUT2D eigenvalue weighted by Gasteiger charge is -2.06. The standard InChI is InChI=1S/C14H19NO3S/c1-2-3-4-14(16)11-5-9-13(10-6-11)19(17,18)15-12-7-8-12/h5-6,9-10,12,15H,2-4,7-8H2,1H3. The quantitative estimate of drug-likeness (QED) is 0.781. The Bertz CT molecular complexity index is 545. The molecule has 0 aliphatic heterocycles. The summed E-state index contributed by atoms with van der Waals surface area (Å²) in [7, 11) is -3.42. The summed E-state index contributed by atoms with van der Waals surface area (Å²) in [5, 5.41) is 0. The summed E-state index contributed by atoms with van der Waals surface area (Å²) in [5.41, 5.74) is 0.582. The summed E-state index contributed by atoms with van der Waals surface area (Å²) < 4.78 is 26.5. The van der Waals surface area contributed by atoms with Crippen LogP contribution in [0.4, 0.5) is 0 Å². The number of carbonyl (C=O) groups excluding carboxylic acids is 1. The van der Waals surface area contributed by atoms with Crippen molar-refractivity contribution in [1.29, 1.82) is 0 Å². The van der Waals surface area contributed by atoms with E-state index in [0.29, 0.717) is 12.0 Å². The highest BCUT2D eigenvalue weighted by molar-refractivity contribution is 7.89. The number of hydrogen-bond donors (Lipinski definition) is 1. The van der Waals surface area contributed by atoms with Crippen LogP contribution in [0.25, 0.3) is 0 Å². The topological polar surface area (TPSA) is 63.2 Å². The fourth-order valence-corrected chi connectivity index (χ4v) is 3.10. The maximum absolute atomic E-state index is 11.9. The summed E-state index contributed by atoms with van der Waals surface area (Å²) in [6.45, 7) is 2.03. The monoisotopic (exact) mass is 281 g/mol. The van der Waals surface area contributed by atoms with E-state index in [1.54, 1.807) is 12.1 Å². The molecule has 5 heteroatoms. The second-order valence-electron chi connectivity index (χ2n) is 4.95. The molecule has 0 atom stereocenters. The third-order valence-corrected chi connectivity index (χ3v) is 4.68. The Morgan fingerprint density at radius 2 is 1.89 bits per heavy atom. The van der Waals surface area contributed by atoms with E-state index in [1.807, 2.05) is 6.92 Å². The molecule has 1 fully saturated rings. The second-order valence-corrected chi connectivity index (χ2v) is 6.66. The Hall–Kier alpha value is -1.20. The Morgan fingerprint density at radius 3 is 2.42 bits per heavy atom. The molecule has 1 aliphatic rings. The van der Waals surface area contributed by atoms with Crippen LogP contribution >= 0.6 is 0 Å². The van der Waals surface area contributed by atoms with Gasteiger partial charge in [-0.05, 0) is 31.4 Å². The van der Waals surface area contributed by atoms with Crippen molar-refractivity contribution in [3.05, 3.63) is 29.8 Å². The fraction of sp³-hybridized carbons (Fsp3) is 0.500. The van der Waals surface area contributed by atoms with E-state index in [4.69, 9.17) is 0 Å². The zero-order valence-corrected chi connectivity index (χ0v) is 11.9. The molecule has 104 valence electrons. The average Bonchev–Trinajstić information content (AvgIpc) is 3.19. The second kappa shape index (κ2) is 5.84. The van der Waals surface area contributed by atoms with Gasteiger partial charge in [-0.1, -0.05) is 25.5 Å². The zero-order valence-electron chi connectivity index (χ0n) is 11.1. The minimum atomic E-state index is -3.42. The normalized spacial score (nSPS) is 15.4. The van der Waals surface area contributed by atoms with Crippen LogP contribution < -0.4 is 4.72 Å². The van der Waals surface area contributed by atoms with Crippen LogP contribution in [0.3, 0.4) is 0 Å². The molecule has 0 aromatic heterocycles. The van der Waals surface area contributed by atoms with Crippen molar-refractivity contribution < 1.29 is 13.2 Å². The van der Waals surface area contributed by atoms with Crippen LogP contribution in [-0.2, 0) is 10.0 Å². The number of Topliss-reactive ketones (excluding diaryl/α,β-unsaturated/α-hetero) is 1. The van der Waals surface area contributed by atoms with Gasteiger partial charge in [0, 0.05) is 18.0 Å². The van der Waals surface area contributed by atoms with Gasteiger partial charge in [-0.25, -0.2) is 13.1 Å². The molecule has 19 heavy (non-hydrogen) atoms. The van der Waals surface area contributed by atoms with Gasteiger partial charge in [0.2, 0.25) is 10.0 Å². The van der Waals surface area contributed by atoms with Crippen molar-refractivity contribution >= 4 is 15.8 Å². The highest BCUT2D eigenvalue weighted by Gasteiger charge is 2.27. The number of benzene rings is 1. The predicted molar refractivity (Wildman–Crippen MR) is 73.6 cm³/mol. The molecule has 0 amide bonds. The summed E-state index contributed by atoms with van der Waals surface area (Å²) in [6.07, 6.45) is 4.17. The van der Waals surface area contributed by atoms with Gasteiger partial charge in [-0.15, -0.1) is 0 Å². The lowest BCUT2D eigenvalue weighted by atomic mass is 10.1. The van der Waals surface area contributed by atoms with Crippen molar-refractivity contribution in [2.45, 2.75) is 50.0 Å². The van der Waals surface area contributed by atoms with Gasteiger partial charge >= 0.3 is 0 Å². The van der Waals surface area contributed by atoms with Crippen LogP contribution in [0.5, 0.6) is 0 Å². The van der Waals surface area contributed by atoms with E-state index in [-0.39, 0.29) is 16.7 Å². The molecule has 1 aliphatic carbocycles. The summed E-state index contributed by atoms with van der Waals surface area (Å²) in [4.78, 5) is 12.0. The molecule has 4 nitrogen and oxygen atoms in total. The molecule has 0 unspecified atom stereocenters. The first-order chi connectivity index (χ1) is 9.03. The summed E-state index contributed by atoms with van der Waals surface area (Å²) in [6, 6.07) is 6.29. The SMILES string of the molecule is CCCCC(=O)c1ccc(S(=O)(=O)NC2CC2)cc1. The molecule has 1 aromatic rings. The number of rotatable bonds is 7. The first kappa shape index (κ1) is 14.2. The molecule has 1 aromatic carbocycles. The van der Waals surface area contributed by atoms with Crippen LogP contribution in [0, 0.1) is 0 Å². The Balaban J connectivity index is 2.07. The number of nitrogens with one attached hydrogen (secondary N) is 1. The summed E-state index contributed by atoms with van der Waals surface area (Å²) >= 11 is 0. The first-order valence-corrected chi connectivity index (χ1v) is 8.17. The van der Waals surface area contributed by atoms with Crippen molar-refractivity contribution in [3.63, 3.8) is 0 Å². The van der Waals surface area contributed by atoms with Crippen molar-refractivity contribution in [2.75, 3.05) is 0 Å². The van der Waals surface area contributed by atoms with Crippen LogP contribution in [-0.4, -0.2) is 20.2 Å². The number of unbranched alkanes of at least 4 members (excludes halogenated alkanes) is 1. The van der Waals surface area contributed by atoms with E-state index in [2.05, 4.69) is 4.72 Å². The van der Waals surface area contributed by atoms with Gasteiger partial charge in [0.05, 0.1) is 4.90 Å². The van der Waals surface area contributed by atoms with Gasteiger partial charge < -0.3 is 0 Å². The van der Waals surface area contributed by atoms with Crippen molar-refractivity contribution in [2.24, 2.45) is 0 Å². The molecule has 2 rings (SSSR count). The molecular weight excluding hydrogens is 262 g/mol. The molecule has 1 N–H and O–H groups in total. The number of hydrogen-bond acceptors (Lipinski definition) is 3. The van der Waals surface area contributed by atoms with Crippen LogP contribution in [0.2, 0.25) is 0 Å². The minimum Gasteiger partial charge on any atom is -0.294 e. The first-order valence-electron chi connectivity index (χ1n) is 6.68. The maximum Gasteiger partial charge on any atom is 0.240 e. The van der Waals surface area contributed by atoms with Crippen LogP contribution in [0.1, 0.15) is 49.4 Å². The highest BCUT2D eigenvalue weighted by atomic mass is 32.2. The van der Waals surface area contributed by atoms with Gasteiger partial charge in [-0.2, -0.15) is 0 Å². The van der Waals surface area contributed by atoms with E-state index >= 15 is 0 Å². The average molecular weight is 281 g/mol. The van der Waals surface area contributed by atoms with E-state index < -0.39 is 10.0 Å². The maximum atomic E-state index is 11.9. The largest absolute Gasteiger partial charge is 0.294 e. The van der Waals surface area contributed by atoms with Crippen molar-refractivity contribution in [1.82, 2.24) is 4.72 Å². The molecule has 0 radical (unpaired) electrons. The highest BCUT2D eigenvalue weighted by Crippen LogP contribution is 2.22. The molecule has 0 bridgehead atoms. The number of sulfonamides is 1. The fourth-order valence-electron chi connectivity index (χ4n) is 1.79. The number of ketones is 1. The lowest BCUT2D eigenvalue weighted by Crippen LogP contribution is -2.25. The van der Waals surface area contributed by atoms with E-state index in [0.717, 1.165) is 25.7 Å². The molecule has 0 saturated heterocycles. The zero-order chi connectivity index (χ0) is 13.9. The van der Waals surface area contributed by atoms with E-state index in [9.17, 15) is 13.2 Å². The van der Waals surface area contributed by atoms with Crippen LogP contribution in [0.15, 0.2) is 29.2 Å². The third-order valence-electron chi connectivity index (χ3n) is 3.14. The minimum absolute atomic E-state index is 0.0703. The predicted octanol–water partition coefficient (Wildman–Crippen LogP) is 2.50. The molecule has 1 saturated carbocycles. The van der Waals surface area contributed by atoms with Gasteiger partial charge in [0.15, 0.2) is 5.78 Å². The smallest absolute Gasteiger partial charge is 0.240 e. The number of carbonyl (C=O) groups is 1. The molecular formula is C14H19NO3S. The summed E-state index contributed by atoms with van der Waals surface area (Å²) in [5.74, 6) is 0.0703. The van der Waals surface area contributed by atoms with Crippen molar-refractivity contribution in [3.8, 4) is 0 Å². The van der Waals surface area contributed by atoms with E-state index in [1.165, 1.54) is 12.1 Å². The van der Waals surface area contributed by atoms with Gasteiger partial charge in [0.1, 0.15) is 0 Å². The Labute approximate surface area is 114 Å². The molecule has 0 heterocycles. The lowest BCUT2D eigenvalue weighted by molar-refractivity contribution is 0.0979. The Morgan fingerprint density at radius 1 is 1.26 bits per heavy atom.